The van der Waals surface area contributed by atoms with Gasteiger partial charge in [0.05, 0.1) is 6.04 Å². The summed E-state index contributed by atoms with van der Waals surface area (Å²) < 4.78 is 1.78. The van der Waals surface area contributed by atoms with Gasteiger partial charge in [-0.05, 0) is 13.8 Å². The number of nitrogens with zero attached hydrogens (tertiary/aromatic N) is 3. The van der Waals surface area contributed by atoms with Crippen LogP contribution in [0.25, 0.3) is 0 Å². The van der Waals surface area contributed by atoms with Gasteiger partial charge in [0, 0.05) is 11.8 Å². The fraction of sp³-hybridized carbons (Fsp3) is 0.625. The second-order valence-corrected chi connectivity index (χ2v) is 4.61. The number of anilines is 1. The summed E-state index contributed by atoms with van der Waals surface area (Å²) in [6.07, 6.45) is 0. The van der Waals surface area contributed by atoms with Crippen molar-refractivity contribution in [3.05, 3.63) is 0 Å². The van der Waals surface area contributed by atoms with Gasteiger partial charge in [0.15, 0.2) is 5.16 Å². The first-order valence-corrected chi connectivity index (χ1v) is 5.80. The number of carbonyl (C=O) groups is 1. The van der Waals surface area contributed by atoms with E-state index >= 15 is 0 Å². The number of nitrogen functional groups attached to an aromatic ring is 1. The first-order valence-electron chi connectivity index (χ1n) is 4.81. The molecule has 1 rings (SSSR count). The van der Waals surface area contributed by atoms with Gasteiger partial charge in [0.1, 0.15) is 0 Å². The zero-order valence-corrected chi connectivity index (χ0v) is 10.1. The van der Waals surface area contributed by atoms with Crippen molar-refractivity contribution in [2.24, 2.45) is 11.5 Å². The molecule has 0 aliphatic rings. The van der Waals surface area contributed by atoms with Crippen LogP contribution in [0, 0.1) is 0 Å². The number of nitrogens with two attached hydrogens (primary N) is 3. The molecule has 1 aromatic rings. The lowest BCUT2D eigenvalue weighted by atomic mass is 10.3. The van der Waals surface area contributed by atoms with E-state index in [0.29, 0.717) is 16.9 Å². The summed E-state index contributed by atoms with van der Waals surface area (Å²) in [6, 6.07) is -0.536. The van der Waals surface area contributed by atoms with Crippen LogP contribution in [0.15, 0.2) is 5.16 Å². The van der Waals surface area contributed by atoms with E-state index < -0.39 is 11.9 Å². The summed E-state index contributed by atoms with van der Waals surface area (Å²) in [6.45, 7) is 3.94. The van der Waals surface area contributed by atoms with Gasteiger partial charge in [-0.2, -0.15) is 0 Å². The SMILES string of the molecule is CC(C)n1c(N)nnc1SCC(N)C(N)=O. The Hall–Kier alpha value is -1.28. The Bertz CT molecular complexity index is 377. The van der Waals surface area contributed by atoms with E-state index in [9.17, 15) is 4.79 Å². The summed E-state index contributed by atoms with van der Waals surface area (Å²) in [5.41, 5.74) is 16.2. The van der Waals surface area contributed by atoms with Gasteiger partial charge in [0.2, 0.25) is 11.9 Å². The summed E-state index contributed by atoms with van der Waals surface area (Å²) in [7, 11) is 0. The minimum atomic E-state index is -0.691. The van der Waals surface area contributed by atoms with E-state index in [0.717, 1.165) is 0 Å². The summed E-state index contributed by atoms with van der Waals surface area (Å²) in [4.78, 5) is 10.8. The highest BCUT2D eigenvalue weighted by Crippen LogP contribution is 2.22. The lowest BCUT2D eigenvalue weighted by Gasteiger charge is -2.12. The van der Waals surface area contributed by atoms with Crippen molar-refractivity contribution in [1.82, 2.24) is 14.8 Å². The zero-order chi connectivity index (χ0) is 12.3. The van der Waals surface area contributed by atoms with E-state index in [2.05, 4.69) is 10.2 Å². The number of amides is 1. The van der Waals surface area contributed by atoms with Gasteiger partial charge in [-0.1, -0.05) is 11.8 Å². The Morgan fingerprint density at radius 1 is 1.50 bits per heavy atom. The number of hydrogen-bond acceptors (Lipinski definition) is 6. The normalized spacial score (nSPS) is 13.0. The van der Waals surface area contributed by atoms with E-state index in [1.807, 2.05) is 13.8 Å². The molecule has 1 amide bonds. The smallest absolute Gasteiger partial charge is 0.235 e. The van der Waals surface area contributed by atoms with Gasteiger partial charge in [-0.25, -0.2) is 0 Å². The molecule has 6 N–H and O–H groups in total. The minimum Gasteiger partial charge on any atom is -0.368 e. The topological polar surface area (TPSA) is 126 Å². The Labute approximate surface area is 97.8 Å². The molecule has 0 spiro atoms. The number of aromatic nitrogens is 3. The highest BCUT2D eigenvalue weighted by atomic mass is 32.2. The molecule has 0 radical (unpaired) electrons. The average molecular weight is 244 g/mol. The number of carbonyl (C=O) groups excluding carboxylic acids is 1. The maximum atomic E-state index is 10.8. The van der Waals surface area contributed by atoms with Crippen LogP contribution < -0.4 is 17.2 Å². The standard InChI is InChI=1S/C8H16N6OS/c1-4(2)14-7(11)12-13-8(14)16-3-5(9)6(10)15/h4-5H,3,9H2,1-2H3,(H2,10,15)(H2,11,12). The van der Waals surface area contributed by atoms with Crippen LogP contribution >= 0.6 is 11.8 Å². The van der Waals surface area contributed by atoms with E-state index in [-0.39, 0.29) is 6.04 Å². The van der Waals surface area contributed by atoms with Crippen molar-refractivity contribution in [3.8, 4) is 0 Å². The predicted octanol–water partition coefficient (Wildman–Crippen LogP) is -0.654. The van der Waals surface area contributed by atoms with Crippen molar-refractivity contribution >= 4 is 23.6 Å². The maximum Gasteiger partial charge on any atom is 0.235 e. The number of hydrogen-bond donors (Lipinski definition) is 3. The molecule has 16 heavy (non-hydrogen) atoms. The van der Waals surface area contributed by atoms with Crippen LogP contribution in [-0.2, 0) is 4.79 Å². The lowest BCUT2D eigenvalue weighted by molar-refractivity contribution is -0.118. The second kappa shape index (κ2) is 5.17. The van der Waals surface area contributed by atoms with Crippen molar-refractivity contribution in [1.29, 1.82) is 0 Å². The van der Waals surface area contributed by atoms with Crippen molar-refractivity contribution in [2.45, 2.75) is 31.1 Å². The third-order valence-corrected chi connectivity index (χ3v) is 3.03. The molecule has 0 saturated heterocycles. The molecule has 8 heteroatoms. The number of primary amides is 1. The largest absolute Gasteiger partial charge is 0.368 e. The number of thioether (sulfide) groups is 1. The molecule has 0 saturated carbocycles. The van der Waals surface area contributed by atoms with Crippen molar-refractivity contribution in [2.75, 3.05) is 11.5 Å². The Kier molecular flexibility index (Phi) is 4.13. The molecule has 0 fully saturated rings. The third kappa shape index (κ3) is 2.86. The van der Waals surface area contributed by atoms with E-state index in [1.165, 1.54) is 11.8 Å². The van der Waals surface area contributed by atoms with Crippen molar-refractivity contribution < 1.29 is 4.79 Å². The molecule has 1 heterocycles. The lowest BCUT2D eigenvalue weighted by Crippen LogP contribution is -2.38. The average Bonchev–Trinajstić information content (AvgIpc) is 2.55. The zero-order valence-electron chi connectivity index (χ0n) is 9.25. The van der Waals surface area contributed by atoms with Gasteiger partial charge in [0.25, 0.3) is 0 Å². The van der Waals surface area contributed by atoms with Gasteiger partial charge in [-0.3, -0.25) is 9.36 Å². The van der Waals surface area contributed by atoms with Gasteiger partial charge in [-0.15, -0.1) is 10.2 Å². The van der Waals surface area contributed by atoms with E-state index in [4.69, 9.17) is 17.2 Å². The quantitative estimate of drug-likeness (QED) is 0.591. The number of rotatable bonds is 5. The summed E-state index contributed by atoms with van der Waals surface area (Å²) in [5, 5.41) is 8.33. The monoisotopic (exact) mass is 244 g/mol. The molecule has 0 aliphatic carbocycles. The molecular formula is C8H16N6OS. The van der Waals surface area contributed by atoms with Crippen LogP contribution in [-0.4, -0.2) is 32.5 Å². The summed E-state index contributed by atoms with van der Waals surface area (Å²) >= 11 is 1.32. The Morgan fingerprint density at radius 2 is 2.12 bits per heavy atom. The molecule has 0 bridgehead atoms. The van der Waals surface area contributed by atoms with Crippen LogP contribution in [0.3, 0.4) is 0 Å². The van der Waals surface area contributed by atoms with Crippen LogP contribution in [0.4, 0.5) is 5.95 Å². The third-order valence-electron chi connectivity index (χ3n) is 1.96. The van der Waals surface area contributed by atoms with Crippen LogP contribution in [0.1, 0.15) is 19.9 Å². The maximum absolute atomic E-state index is 10.8. The molecule has 90 valence electrons. The van der Waals surface area contributed by atoms with Crippen molar-refractivity contribution in [3.63, 3.8) is 0 Å². The predicted molar refractivity (Wildman–Crippen MR) is 62.7 cm³/mol. The highest BCUT2D eigenvalue weighted by Gasteiger charge is 2.16. The summed E-state index contributed by atoms with van der Waals surface area (Å²) in [5.74, 6) is 0.182. The fourth-order valence-corrected chi connectivity index (χ4v) is 2.15. The Morgan fingerprint density at radius 3 is 2.62 bits per heavy atom. The fourth-order valence-electron chi connectivity index (χ4n) is 1.12. The van der Waals surface area contributed by atoms with Gasteiger partial charge >= 0.3 is 0 Å². The molecule has 1 atom stereocenters. The Balaban J connectivity index is 2.71. The first-order chi connectivity index (χ1) is 7.43. The van der Waals surface area contributed by atoms with E-state index in [1.54, 1.807) is 4.57 Å². The molecule has 0 aromatic carbocycles. The molecule has 1 unspecified atom stereocenters. The van der Waals surface area contributed by atoms with Gasteiger partial charge < -0.3 is 17.2 Å². The minimum absolute atomic E-state index is 0.155. The molecule has 7 nitrogen and oxygen atoms in total. The molecular weight excluding hydrogens is 228 g/mol. The first kappa shape index (κ1) is 12.8. The van der Waals surface area contributed by atoms with Crippen LogP contribution in [0.2, 0.25) is 0 Å². The highest BCUT2D eigenvalue weighted by molar-refractivity contribution is 7.99. The molecule has 0 aliphatic heterocycles. The molecule has 1 aromatic heterocycles. The second-order valence-electron chi connectivity index (χ2n) is 3.62. The van der Waals surface area contributed by atoms with Crippen LogP contribution in [0.5, 0.6) is 0 Å².